The molecule has 3 aromatic rings. The van der Waals surface area contributed by atoms with E-state index in [2.05, 4.69) is 15.6 Å². The van der Waals surface area contributed by atoms with Crippen LogP contribution in [-0.4, -0.2) is 58.5 Å². The first-order valence-corrected chi connectivity index (χ1v) is 10.5. The van der Waals surface area contributed by atoms with E-state index in [9.17, 15) is 14.4 Å². The fraction of sp³-hybridized carbons (Fsp3) is 0.304. The zero-order valence-electron chi connectivity index (χ0n) is 17.8. The minimum atomic E-state index is -0.853. The van der Waals surface area contributed by atoms with Crippen LogP contribution in [0.4, 0.5) is 4.79 Å². The van der Waals surface area contributed by atoms with E-state index in [1.807, 2.05) is 53.1 Å². The summed E-state index contributed by atoms with van der Waals surface area (Å²) < 4.78 is 7.27. The highest BCUT2D eigenvalue weighted by Crippen LogP contribution is 2.19. The van der Waals surface area contributed by atoms with Crippen LogP contribution in [0.1, 0.15) is 12.0 Å². The first-order valence-electron chi connectivity index (χ1n) is 10.5. The molecule has 1 aliphatic heterocycles. The van der Waals surface area contributed by atoms with Crippen LogP contribution in [0.25, 0.3) is 11.0 Å². The van der Waals surface area contributed by atoms with Crippen molar-refractivity contribution in [3.8, 4) is 5.75 Å². The van der Waals surface area contributed by atoms with E-state index in [1.165, 1.54) is 0 Å². The molecule has 0 radical (unpaired) electrons. The number of amides is 4. The second-order valence-corrected chi connectivity index (χ2v) is 7.53. The Morgan fingerprint density at radius 1 is 1.12 bits per heavy atom. The molecule has 0 saturated carbocycles. The fourth-order valence-electron chi connectivity index (χ4n) is 3.83. The van der Waals surface area contributed by atoms with Gasteiger partial charge in [0.25, 0.3) is 5.91 Å². The predicted molar refractivity (Wildman–Crippen MR) is 118 cm³/mol. The van der Waals surface area contributed by atoms with Crippen molar-refractivity contribution in [2.24, 2.45) is 0 Å². The third kappa shape index (κ3) is 4.56. The fourth-order valence-corrected chi connectivity index (χ4v) is 3.83. The number of imidazole rings is 1. The minimum absolute atomic E-state index is 0.0968. The van der Waals surface area contributed by atoms with E-state index in [1.54, 1.807) is 13.4 Å². The second kappa shape index (κ2) is 9.51. The number of carbonyl (C=O) groups excluding carboxylic acids is 3. The van der Waals surface area contributed by atoms with Gasteiger partial charge in [0, 0.05) is 19.6 Å². The molecule has 4 amide bonds. The average molecular weight is 435 g/mol. The summed E-state index contributed by atoms with van der Waals surface area (Å²) in [4.78, 5) is 42.7. The van der Waals surface area contributed by atoms with E-state index < -0.39 is 12.1 Å². The number of rotatable bonds is 9. The summed E-state index contributed by atoms with van der Waals surface area (Å²) in [6, 6.07) is 13.9. The van der Waals surface area contributed by atoms with Crippen molar-refractivity contribution in [3.05, 3.63) is 60.4 Å². The van der Waals surface area contributed by atoms with Gasteiger partial charge in [0.1, 0.15) is 11.8 Å². The Bertz CT molecular complexity index is 1140. The van der Waals surface area contributed by atoms with Gasteiger partial charge in [0.05, 0.1) is 30.9 Å². The number of nitrogens with zero attached hydrogens (tertiary/aromatic N) is 3. The maximum atomic E-state index is 12.7. The first kappa shape index (κ1) is 21.4. The first-order chi connectivity index (χ1) is 15.6. The minimum Gasteiger partial charge on any atom is -0.496 e. The maximum absolute atomic E-state index is 12.7. The Morgan fingerprint density at radius 3 is 2.75 bits per heavy atom. The van der Waals surface area contributed by atoms with Crippen LogP contribution in [0.5, 0.6) is 5.75 Å². The number of imide groups is 1. The third-order valence-corrected chi connectivity index (χ3v) is 5.50. The lowest BCUT2D eigenvalue weighted by molar-refractivity contribution is -0.130. The van der Waals surface area contributed by atoms with Crippen molar-refractivity contribution in [1.29, 1.82) is 0 Å². The van der Waals surface area contributed by atoms with Crippen LogP contribution < -0.4 is 15.4 Å². The van der Waals surface area contributed by atoms with Gasteiger partial charge in [-0.3, -0.25) is 14.5 Å². The van der Waals surface area contributed by atoms with Crippen molar-refractivity contribution >= 4 is 28.9 Å². The molecule has 1 saturated heterocycles. The van der Waals surface area contributed by atoms with Gasteiger partial charge >= 0.3 is 6.03 Å². The molecule has 4 rings (SSSR count). The summed E-state index contributed by atoms with van der Waals surface area (Å²) >= 11 is 0. The van der Waals surface area contributed by atoms with Gasteiger partial charge < -0.3 is 19.9 Å². The highest BCUT2D eigenvalue weighted by Gasteiger charge is 2.38. The quantitative estimate of drug-likeness (QED) is 0.498. The van der Waals surface area contributed by atoms with Crippen LogP contribution in [0.2, 0.25) is 0 Å². The summed E-state index contributed by atoms with van der Waals surface area (Å²) in [5.41, 5.74) is 2.79. The van der Waals surface area contributed by atoms with E-state index in [0.717, 1.165) is 21.5 Å². The van der Waals surface area contributed by atoms with Crippen LogP contribution in [0.3, 0.4) is 0 Å². The monoisotopic (exact) mass is 435 g/mol. The number of carbonyl (C=O) groups is 3. The molecular formula is C23H25N5O4. The van der Waals surface area contributed by atoms with Gasteiger partial charge in [-0.05, 0) is 30.2 Å². The zero-order valence-corrected chi connectivity index (χ0v) is 17.8. The van der Waals surface area contributed by atoms with Crippen molar-refractivity contribution in [2.75, 3.05) is 20.2 Å². The largest absolute Gasteiger partial charge is 0.496 e. The zero-order chi connectivity index (χ0) is 22.5. The molecule has 1 aromatic heterocycles. The summed E-state index contributed by atoms with van der Waals surface area (Å²) in [5, 5.41) is 5.42. The Balaban J connectivity index is 1.26. The van der Waals surface area contributed by atoms with Crippen molar-refractivity contribution in [1.82, 2.24) is 25.1 Å². The molecule has 9 heteroatoms. The van der Waals surface area contributed by atoms with Crippen LogP contribution in [0.15, 0.2) is 54.9 Å². The molecule has 2 heterocycles. The highest BCUT2D eigenvalue weighted by molar-refractivity contribution is 6.05. The number of fused-ring (bicyclic) bond motifs is 1. The second-order valence-electron chi connectivity index (χ2n) is 7.53. The van der Waals surface area contributed by atoms with E-state index in [4.69, 9.17) is 4.74 Å². The van der Waals surface area contributed by atoms with E-state index in [-0.39, 0.29) is 24.8 Å². The number of hydrogen-bond acceptors (Lipinski definition) is 5. The van der Waals surface area contributed by atoms with Crippen LogP contribution in [0, 0.1) is 0 Å². The van der Waals surface area contributed by atoms with Crippen molar-refractivity contribution in [3.63, 3.8) is 0 Å². The molecule has 1 atom stereocenters. The molecule has 0 aliphatic carbocycles. The number of urea groups is 1. The number of hydrogen-bond donors (Lipinski definition) is 2. The summed E-state index contributed by atoms with van der Waals surface area (Å²) in [7, 11) is 1.58. The lowest BCUT2D eigenvalue weighted by Crippen LogP contribution is -2.37. The molecule has 0 spiro atoms. The Hall–Kier alpha value is -3.88. The SMILES string of the molecule is COc1ccccc1CCN1C(=O)N[C@@H](CC(=O)NCCn2cnc3ccccc32)C1=O. The van der Waals surface area contributed by atoms with Gasteiger partial charge in [-0.15, -0.1) is 0 Å². The molecule has 2 aromatic carbocycles. The molecule has 0 unspecified atom stereocenters. The highest BCUT2D eigenvalue weighted by atomic mass is 16.5. The number of ether oxygens (including phenoxy) is 1. The molecule has 1 fully saturated rings. The number of para-hydroxylation sites is 3. The molecule has 166 valence electrons. The number of benzene rings is 2. The number of methoxy groups -OCH3 is 1. The van der Waals surface area contributed by atoms with Crippen molar-refractivity contribution in [2.45, 2.75) is 25.4 Å². The van der Waals surface area contributed by atoms with Crippen LogP contribution >= 0.6 is 0 Å². The lowest BCUT2D eigenvalue weighted by Gasteiger charge is -2.14. The summed E-state index contributed by atoms with van der Waals surface area (Å²) in [5.74, 6) is 0.0291. The van der Waals surface area contributed by atoms with Gasteiger partial charge in [0.15, 0.2) is 0 Å². The molecule has 1 aliphatic rings. The van der Waals surface area contributed by atoms with E-state index >= 15 is 0 Å². The Kier molecular flexibility index (Phi) is 6.34. The van der Waals surface area contributed by atoms with Crippen LogP contribution in [-0.2, 0) is 22.6 Å². The molecule has 0 bridgehead atoms. The van der Waals surface area contributed by atoms with Gasteiger partial charge in [-0.25, -0.2) is 9.78 Å². The smallest absolute Gasteiger partial charge is 0.324 e. The molecule has 32 heavy (non-hydrogen) atoms. The van der Waals surface area contributed by atoms with Crippen molar-refractivity contribution < 1.29 is 19.1 Å². The Morgan fingerprint density at radius 2 is 1.91 bits per heavy atom. The number of nitrogens with one attached hydrogen (secondary N) is 2. The third-order valence-electron chi connectivity index (χ3n) is 5.50. The van der Waals surface area contributed by atoms with E-state index in [0.29, 0.717) is 25.3 Å². The normalized spacial score (nSPS) is 15.8. The molecule has 2 N–H and O–H groups in total. The molecule has 9 nitrogen and oxygen atoms in total. The predicted octanol–water partition coefficient (Wildman–Crippen LogP) is 1.71. The number of aromatic nitrogens is 2. The topological polar surface area (TPSA) is 106 Å². The lowest BCUT2D eigenvalue weighted by atomic mass is 10.1. The standard InChI is InChI=1S/C23H25N5O4/c1-32-20-9-5-2-6-16(20)10-12-28-22(30)18(26-23(28)31)14-21(29)24-11-13-27-15-25-17-7-3-4-8-19(17)27/h2-9,15,18H,10-14H2,1H3,(H,24,29)(H,26,31)/t18-/m0/s1. The Labute approximate surface area is 185 Å². The van der Waals surface area contributed by atoms with Gasteiger partial charge in [0.2, 0.25) is 5.91 Å². The summed E-state index contributed by atoms with van der Waals surface area (Å²) in [6.45, 7) is 1.17. The van der Waals surface area contributed by atoms with Gasteiger partial charge in [-0.2, -0.15) is 0 Å². The maximum Gasteiger partial charge on any atom is 0.324 e. The average Bonchev–Trinajstić information content (AvgIpc) is 3.33. The van der Waals surface area contributed by atoms with Gasteiger partial charge in [-0.1, -0.05) is 30.3 Å². The molecular weight excluding hydrogens is 410 g/mol. The summed E-state index contributed by atoms with van der Waals surface area (Å²) in [6.07, 6.45) is 2.11.